The van der Waals surface area contributed by atoms with E-state index in [1.807, 2.05) is 79.5 Å². The number of amides is 2. The molecule has 0 saturated heterocycles. The Kier molecular flexibility index (Phi) is 25.4. The summed E-state index contributed by atoms with van der Waals surface area (Å²) in [6, 6.07) is 19.4. The van der Waals surface area contributed by atoms with E-state index in [-0.39, 0.29) is 11.8 Å². The van der Waals surface area contributed by atoms with Crippen molar-refractivity contribution in [1.29, 1.82) is 0 Å². The van der Waals surface area contributed by atoms with Gasteiger partial charge in [-0.05, 0) is 31.1 Å². The van der Waals surface area contributed by atoms with Crippen molar-refractivity contribution in [2.45, 2.75) is 53.2 Å². The summed E-state index contributed by atoms with van der Waals surface area (Å²) < 4.78 is 0. The lowest BCUT2D eigenvalue weighted by atomic mass is 10.2. The quantitative estimate of drug-likeness (QED) is 0.250. The van der Waals surface area contributed by atoms with E-state index in [9.17, 15) is 14.4 Å². The second-order valence-corrected chi connectivity index (χ2v) is 7.27. The molecule has 2 aromatic carbocycles. The molecule has 0 aliphatic carbocycles. The number of rotatable bonds is 12. The first-order chi connectivity index (χ1) is 17.5. The van der Waals surface area contributed by atoms with Crippen LogP contribution in [0.3, 0.4) is 0 Å². The van der Waals surface area contributed by atoms with Crippen molar-refractivity contribution in [2.24, 2.45) is 0 Å². The standard InChI is InChI=1S/C13H20N2O2.C10H13NO2.C3H6O.C2H4/c1-3-9-15(2)10-13(16)14-17-11-12-7-5-4-6-8-12;1-2-10(12)11-13-8-9-6-4-3-5-7-9;1-2-3-4;1-2/h4-8H,3,9-11H2,1-2H3,(H,14,16);3-7H,2,8H2,1H3,(H,11,12);3H,2H2,1H3;1-2H2. The summed E-state index contributed by atoms with van der Waals surface area (Å²) in [5, 5.41) is 0. The van der Waals surface area contributed by atoms with Crippen LogP contribution in [0.1, 0.15) is 51.2 Å². The highest BCUT2D eigenvalue weighted by Gasteiger charge is 2.05. The molecule has 200 valence electrons. The van der Waals surface area contributed by atoms with Crippen molar-refractivity contribution in [3.8, 4) is 0 Å². The van der Waals surface area contributed by atoms with E-state index in [1.165, 1.54) is 0 Å². The highest BCUT2D eigenvalue weighted by Crippen LogP contribution is 1.99. The van der Waals surface area contributed by atoms with Crippen LogP contribution in [0.5, 0.6) is 0 Å². The van der Waals surface area contributed by atoms with Gasteiger partial charge in [-0.2, -0.15) is 0 Å². The molecule has 0 aromatic heterocycles. The molecule has 0 fully saturated rings. The molecule has 8 nitrogen and oxygen atoms in total. The molecule has 0 unspecified atom stereocenters. The average Bonchev–Trinajstić information content (AvgIpc) is 2.91. The summed E-state index contributed by atoms with van der Waals surface area (Å²) in [4.78, 5) is 43.4. The van der Waals surface area contributed by atoms with Crippen molar-refractivity contribution in [3.63, 3.8) is 0 Å². The lowest BCUT2D eigenvalue weighted by Gasteiger charge is -2.14. The Morgan fingerprint density at radius 1 is 0.833 bits per heavy atom. The zero-order valence-electron chi connectivity index (χ0n) is 22.2. The van der Waals surface area contributed by atoms with Crippen LogP contribution in [0.25, 0.3) is 0 Å². The molecule has 0 heterocycles. The van der Waals surface area contributed by atoms with Gasteiger partial charge in [0.2, 0.25) is 5.91 Å². The van der Waals surface area contributed by atoms with Crippen LogP contribution in [-0.2, 0) is 37.3 Å². The van der Waals surface area contributed by atoms with Crippen LogP contribution in [0, 0.1) is 0 Å². The van der Waals surface area contributed by atoms with E-state index in [2.05, 4.69) is 31.0 Å². The van der Waals surface area contributed by atoms with Crippen LogP contribution in [0.4, 0.5) is 0 Å². The molecule has 0 atom stereocenters. The van der Waals surface area contributed by atoms with Crippen LogP contribution in [-0.4, -0.2) is 43.1 Å². The molecule has 2 N–H and O–H groups in total. The van der Waals surface area contributed by atoms with E-state index in [0.29, 0.717) is 32.6 Å². The van der Waals surface area contributed by atoms with Gasteiger partial charge in [-0.3, -0.25) is 24.2 Å². The van der Waals surface area contributed by atoms with Crippen molar-refractivity contribution >= 4 is 18.1 Å². The van der Waals surface area contributed by atoms with E-state index >= 15 is 0 Å². The lowest BCUT2D eigenvalue weighted by Crippen LogP contribution is -2.35. The van der Waals surface area contributed by atoms with E-state index < -0.39 is 0 Å². The topological polar surface area (TPSA) is 97.0 Å². The molecule has 0 bridgehead atoms. The number of nitrogens with zero attached hydrogens (tertiary/aromatic N) is 1. The molecule has 2 amide bonds. The van der Waals surface area contributed by atoms with Gasteiger partial charge in [0, 0.05) is 12.8 Å². The first-order valence-corrected chi connectivity index (χ1v) is 12.0. The zero-order chi connectivity index (χ0) is 27.4. The second kappa shape index (κ2) is 26.3. The van der Waals surface area contributed by atoms with Crippen LogP contribution < -0.4 is 11.0 Å². The van der Waals surface area contributed by atoms with Gasteiger partial charge in [-0.25, -0.2) is 11.0 Å². The first kappa shape index (κ1) is 34.8. The van der Waals surface area contributed by atoms with Crippen LogP contribution >= 0.6 is 0 Å². The number of likely N-dealkylation sites (N-methyl/N-ethyl adjacent to an activating group) is 1. The van der Waals surface area contributed by atoms with Gasteiger partial charge in [-0.1, -0.05) is 81.4 Å². The molecule has 0 spiro atoms. The Morgan fingerprint density at radius 3 is 1.61 bits per heavy atom. The molecule has 0 aliphatic heterocycles. The minimum atomic E-state index is -0.114. The molecular formula is C28H43N3O5. The lowest BCUT2D eigenvalue weighted by molar-refractivity contribution is -0.135. The highest BCUT2D eigenvalue weighted by molar-refractivity contribution is 5.76. The summed E-state index contributed by atoms with van der Waals surface area (Å²) in [5.41, 5.74) is 6.86. The highest BCUT2D eigenvalue weighted by atomic mass is 16.7. The summed E-state index contributed by atoms with van der Waals surface area (Å²) in [7, 11) is 1.92. The number of aldehydes is 1. The third-order valence-electron chi connectivity index (χ3n) is 4.04. The number of hydrogen-bond donors (Lipinski definition) is 2. The van der Waals surface area contributed by atoms with Gasteiger partial charge in [0.15, 0.2) is 0 Å². The fourth-order valence-corrected chi connectivity index (χ4v) is 2.36. The zero-order valence-corrected chi connectivity index (χ0v) is 22.2. The predicted octanol–water partition coefficient (Wildman–Crippen LogP) is 4.62. The largest absolute Gasteiger partial charge is 0.303 e. The van der Waals surface area contributed by atoms with Gasteiger partial charge >= 0.3 is 0 Å². The van der Waals surface area contributed by atoms with Crippen molar-refractivity contribution in [2.75, 3.05) is 20.1 Å². The normalized spacial score (nSPS) is 9.25. The van der Waals surface area contributed by atoms with E-state index in [1.54, 1.807) is 6.92 Å². The van der Waals surface area contributed by atoms with Crippen molar-refractivity contribution in [1.82, 2.24) is 15.9 Å². The maximum Gasteiger partial charge on any atom is 0.257 e. The Morgan fingerprint density at radius 2 is 1.25 bits per heavy atom. The Balaban J connectivity index is 0. The van der Waals surface area contributed by atoms with Crippen molar-refractivity contribution < 1.29 is 24.1 Å². The summed E-state index contributed by atoms with van der Waals surface area (Å²) in [6.45, 7) is 13.7. The minimum absolute atomic E-state index is 0.101. The SMILES string of the molecule is C=C.CCC(=O)NOCc1ccccc1.CCC=O.CCCN(C)CC(=O)NOCc1ccccc1. The number of carbonyl (C=O) groups excluding carboxylic acids is 3. The minimum Gasteiger partial charge on any atom is -0.303 e. The molecule has 0 aliphatic rings. The van der Waals surface area contributed by atoms with Gasteiger partial charge in [0.05, 0.1) is 19.8 Å². The number of hydroxylamine groups is 2. The summed E-state index contributed by atoms with van der Waals surface area (Å²) in [6.07, 6.45) is 2.99. The maximum absolute atomic E-state index is 11.4. The Hall–Kier alpha value is -3.33. The van der Waals surface area contributed by atoms with Gasteiger partial charge in [-0.15, -0.1) is 13.2 Å². The third-order valence-corrected chi connectivity index (χ3v) is 4.04. The number of nitrogens with one attached hydrogen (secondary N) is 2. The Bertz CT molecular complexity index is 788. The summed E-state index contributed by atoms with van der Waals surface area (Å²) in [5.74, 6) is -0.215. The molecule has 36 heavy (non-hydrogen) atoms. The summed E-state index contributed by atoms with van der Waals surface area (Å²) >= 11 is 0. The smallest absolute Gasteiger partial charge is 0.257 e. The molecular weight excluding hydrogens is 458 g/mol. The molecule has 2 rings (SSSR count). The fraction of sp³-hybridized carbons (Fsp3) is 0.393. The van der Waals surface area contributed by atoms with Gasteiger partial charge in [0.1, 0.15) is 6.29 Å². The number of hydrogen-bond acceptors (Lipinski definition) is 6. The van der Waals surface area contributed by atoms with E-state index in [0.717, 1.165) is 30.4 Å². The maximum atomic E-state index is 11.4. The fourth-order valence-electron chi connectivity index (χ4n) is 2.36. The monoisotopic (exact) mass is 501 g/mol. The van der Waals surface area contributed by atoms with E-state index in [4.69, 9.17) is 9.68 Å². The number of carbonyl (C=O) groups is 3. The van der Waals surface area contributed by atoms with Gasteiger partial charge in [0.25, 0.3) is 5.91 Å². The van der Waals surface area contributed by atoms with Gasteiger partial charge < -0.3 is 4.79 Å². The second-order valence-electron chi connectivity index (χ2n) is 7.27. The van der Waals surface area contributed by atoms with Crippen LogP contribution in [0.2, 0.25) is 0 Å². The Labute approximate surface area is 216 Å². The van der Waals surface area contributed by atoms with Crippen molar-refractivity contribution in [3.05, 3.63) is 84.9 Å². The molecule has 8 heteroatoms. The average molecular weight is 502 g/mol. The molecule has 0 radical (unpaired) electrons. The third kappa shape index (κ3) is 22.5. The first-order valence-electron chi connectivity index (χ1n) is 12.0. The molecule has 0 saturated carbocycles. The van der Waals surface area contributed by atoms with Crippen LogP contribution in [0.15, 0.2) is 73.8 Å². The predicted molar refractivity (Wildman–Crippen MR) is 144 cm³/mol. The molecule has 2 aromatic rings. The number of benzene rings is 2.